The molecule has 1 aromatic carbocycles. The summed E-state index contributed by atoms with van der Waals surface area (Å²) in [6, 6.07) is 8.65. The quantitative estimate of drug-likeness (QED) is 0.686. The molecule has 0 spiro atoms. The maximum absolute atomic E-state index is 6.18. The maximum Gasteiger partial charge on any atom is 0.0541 e. The van der Waals surface area contributed by atoms with Gasteiger partial charge in [0.25, 0.3) is 0 Å². The lowest BCUT2D eigenvalue weighted by Crippen LogP contribution is -2.37. The highest BCUT2D eigenvalue weighted by molar-refractivity contribution is 7.99. The van der Waals surface area contributed by atoms with Crippen LogP contribution in [0.3, 0.4) is 0 Å². The van der Waals surface area contributed by atoms with Gasteiger partial charge in [0.05, 0.1) is 5.02 Å². The first-order chi connectivity index (χ1) is 8.69. The monoisotopic (exact) mass is 285 g/mol. The van der Waals surface area contributed by atoms with Gasteiger partial charge >= 0.3 is 0 Å². The number of nitrogens with one attached hydrogen (secondary N) is 1. The number of hydrogen-bond donors (Lipinski definition) is 1. The van der Waals surface area contributed by atoms with Crippen molar-refractivity contribution in [1.82, 2.24) is 5.32 Å². The van der Waals surface area contributed by atoms with Crippen LogP contribution in [-0.2, 0) is 0 Å². The molecule has 0 heterocycles. The first kappa shape index (κ1) is 15.9. The molecular weight excluding hydrogens is 262 g/mol. The first-order valence-corrected chi connectivity index (χ1v) is 8.16. The molecule has 2 atom stereocenters. The lowest BCUT2D eigenvalue weighted by molar-refractivity contribution is 0.397. The van der Waals surface area contributed by atoms with E-state index in [4.69, 9.17) is 11.6 Å². The molecule has 0 amide bonds. The Labute approximate surface area is 121 Å². The van der Waals surface area contributed by atoms with Crippen molar-refractivity contribution in [3.8, 4) is 0 Å². The topological polar surface area (TPSA) is 12.0 Å². The Balaban J connectivity index is 2.53. The second kappa shape index (κ2) is 8.84. The van der Waals surface area contributed by atoms with Gasteiger partial charge in [0.2, 0.25) is 0 Å². The van der Waals surface area contributed by atoms with Crippen LogP contribution < -0.4 is 5.32 Å². The molecule has 1 N–H and O–H groups in total. The molecule has 0 saturated carbocycles. The zero-order chi connectivity index (χ0) is 13.4. The molecular formula is C15H24ClNS. The zero-order valence-corrected chi connectivity index (χ0v) is 13.2. The summed E-state index contributed by atoms with van der Waals surface area (Å²) in [6.45, 7) is 7.88. The molecule has 1 aromatic rings. The van der Waals surface area contributed by atoms with Gasteiger partial charge in [-0.05, 0) is 31.0 Å². The molecule has 1 rings (SSSR count). The highest BCUT2D eigenvalue weighted by Gasteiger charge is 2.15. The lowest BCUT2D eigenvalue weighted by atomic mass is 10.0. The molecule has 102 valence electrons. The summed E-state index contributed by atoms with van der Waals surface area (Å²) < 4.78 is 0. The Morgan fingerprint density at radius 3 is 2.61 bits per heavy atom. The van der Waals surface area contributed by atoms with Crippen LogP contribution in [0, 0.1) is 5.92 Å². The van der Waals surface area contributed by atoms with E-state index in [2.05, 4.69) is 32.2 Å². The minimum Gasteiger partial charge on any atom is -0.313 e. The molecule has 0 aliphatic heterocycles. The van der Waals surface area contributed by atoms with Gasteiger partial charge in [-0.1, -0.05) is 50.9 Å². The van der Waals surface area contributed by atoms with Gasteiger partial charge in [0, 0.05) is 16.7 Å². The zero-order valence-electron chi connectivity index (χ0n) is 11.6. The van der Waals surface area contributed by atoms with Crippen LogP contribution in [0.5, 0.6) is 0 Å². The molecule has 0 aliphatic carbocycles. The van der Waals surface area contributed by atoms with E-state index in [0.717, 1.165) is 17.3 Å². The predicted molar refractivity (Wildman–Crippen MR) is 83.7 cm³/mol. The Morgan fingerprint density at radius 2 is 2.00 bits per heavy atom. The summed E-state index contributed by atoms with van der Waals surface area (Å²) >= 11 is 8.04. The fourth-order valence-corrected chi connectivity index (χ4v) is 3.27. The standard InChI is InChI=1S/C15H24ClNS/c1-4-10-17-14(12(3)5-2)11-18-15-9-7-6-8-13(15)16/h6-9,12,14,17H,4-5,10-11H2,1-3H3. The molecule has 0 fully saturated rings. The molecule has 0 radical (unpaired) electrons. The molecule has 1 nitrogen and oxygen atoms in total. The van der Waals surface area contributed by atoms with Gasteiger partial charge in [-0.3, -0.25) is 0 Å². The van der Waals surface area contributed by atoms with Gasteiger partial charge in [0.1, 0.15) is 0 Å². The summed E-state index contributed by atoms with van der Waals surface area (Å²) in [5, 5.41) is 4.51. The van der Waals surface area contributed by atoms with Crippen molar-refractivity contribution in [3.63, 3.8) is 0 Å². The van der Waals surface area contributed by atoms with Gasteiger partial charge in [-0.2, -0.15) is 0 Å². The van der Waals surface area contributed by atoms with Crippen molar-refractivity contribution >= 4 is 23.4 Å². The molecule has 18 heavy (non-hydrogen) atoms. The van der Waals surface area contributed by atoms with Crippen LogP contribution in [0.2, 0.25) is 5.02 Å². The summed E-state index contributed by atoms with van der Waals surface area (Å²) in [6.07, 6.45) is 2.40. The van der Waals surface area contributed by atoms with E-state index in [-0.39, 0.29) is 0 Å². The second-order valence-electron chi connectivity index (χ2n) is 4.69. The van der Waals surface area contributed by atoms with E-state index in [1.165, 1.54) is 17.7 Å². The SMILES string of the molecule is CCCNC(CSc1ccccc1Cl)C(C)CC. The van der Waals surface area contributed by atoms with E-state index in [9.17, 15) is 0 Å². The molecule has 0 aliphatic rings. The number of rotatable bonds is 8. The van der Waals surface area contributed by atoms with Gasteiger partial charge in [0.15, 0.2) is 0 Å². The van der Waals surface area contributed by atoms with Crippen molar-refractivity contribution in [2.75, 3.05) is 12.3 Å². The van der Waals surface area contributed by atoms with E-state index in [1.54, 1.807) is 0 Å². The average molecular weight is 286 g/mol. The van der Waals surface area contributed by atoms with Crippen molar-refractivity contribution in [2.45, 2.75) is 44.6 Å². The number of hydrogen-bond acceptors (Lipinski definition) is 2. The summed E-state index contributed by atoms with van der Waals surface area (Å²) in [4.78, 5) is 1.19. The van der Waals surface area contributed by atoms with Crippen LogP contribution in [0.4, 0.5) is 0 Å². The van der Waals surface area contributed by atoms with Crippen molar-refractivity contribution in [2.24, 2.45) is 5.92 Å². The lowest BCUT2D eigenvalue weighted by Gasteiger charge is -2.24. The van der Waals surface area contributed by atoms with Crippen molar-refractivity contribution in [3.05, 3.63) is 29.3 Å². The smallest absolute Gasteiger partial charge is 0.0541 e. The Bertz CT molecular complexity index is 343. The van der Waals surface area contributed by atoms with Crippen LogP contribution in [0.15, 0.2) is 29.2 Å². The third kappa shape index (κ3) is 5.21. The third-order valence-corrected chi connectivity index (χ3v) is 4.88. The molecule has 0 saturated heterocycles. The van der Waals surface area contributed by atoms with E-state index < -0.39 is 0 Å². The normalized spacial score (nSPS) is 14.4. The van der Waals surface area contributed by atoms with Crippen molar-refractivity contribution < 1.29 is 0 Å². The fraction of sp³-hybridized carbons (Fsp3) is 0.600. The summed E-state index contributed by atoms with van der Waals surface area (Å²) in [7, 11) is 0. The van der Waals surface area contributed by atoms with Crippen LogP contribution >= 0.6 is 23.4 Å². The summed E-state index contributed by atoms with van der Waals surface area (Å²) in [5.41, 5.74) is 0. The molecule has 0 aromatic heterocycles. The highest BCUT2D eigenvalue weighted by Crippen LogP contribution is 2.28. The van der Waals surface area contributed by atoms with Crippen LogP contribution in [0.1, 0.15) is 33.6 Å². The minimum absolute atomic E-state index is 0.566. The predicted octanol–water partition coefficient (Wildman–Crippen LogP) is 4.85. The molecule has 3 heteroatoms. The number of halogens is 1. The van der Waals surface area contributed by atoms with Crippen molar-refractivity contribution in [1.29, 1.82) is 0 Å². The second-order valence-corrected chi connectivity index (χ2v) is 6.16. The Kier molecular flexibility index (Phi) is 7.80. The molecule has 2 unspecified atom stereocenters. The van der Waals surface area contributed by atoms with Gasteiger partial charge < -0.3 is 5.32 Å². The van der Waals surface area contributed by atoms with Gasteiger partial charge in [-0.25, -0.2) is 0 Å². The largest absolute Gasteiger partial charge is 0.313 e. The molecule has 0 bridgehead atoms. The highest BCUT2D eigenvalue weighted by atomic mass is 35.5. The number of thioether (sulfide) groups is 1. The minimum atomic E-state index is 0.566. The van der Waals surface area contributed by atoms with Gasteiger partial charge in [-0.15, -0.1) is 11.8 Å². The van der Waals surface area contributed by atoms with Crippen LogP contribution in [0.25, 0.3) is 0 Å². The Morgan fingerprint density at radius 1 is 1.28 bits per heavy atom. The third-order valence-electron chi connectivity index (χ3n) is 3.24. The maximum atomic E-state index is 6.18. The fourth-order valence-electron chi connectivity index (χ4n) is 1.78. The number of benzene rings is 1. The van der Waals surface area contributed by atoms with Crippen LogP contribution in [-0.4, -0.2) is 18.3 Å². The summed E-state index contributed by atoms with van der Waals surface area (Å²) in [5.74, 6) is 1.78. The first-order valence-electron chi connectivity index (χ1n) is 6.79. The Hall–Kier alpha value is -0.180. The van der Waals surface area contributed by atoms with E-state index >= 15 is 0 Å². The van der Waals surface area contributed by atoms with E-state index in [1.807, 2.05) is 30.0 Å². The van der Waals surface area contributed by atoms with E-state index in [0.29, 0.717) is 12.0 Å². The average Bonchev–Trinajstić information content (AvgIpc) is 2.40.